The number of carbonyl (C=O) groups is 2. The van der Waals surface area contributed by atoms with E-state index >= 15 is 0 Å². The summed E-state index contributed by atoms with van der Waals surface area (Å²) in [5.74, 6) is -1.38. The lowest BCUT2D eigenvalue weighted by molar-refractivity contribution is 0.0452. The van der Waals surface area contributed by atoms with Crippen LogP contribution in [0, 0.1) is 6.92 Å². The van der Waals surface area contributed by atoms with Crippen LogP contribution in [0.5, 0.6) is 0 Å². The van der Waals surface area contributed by atoms with Gasteiger partial charge in [-0.15, -0.1) is 0 Å². The molecule has 0 amide bonds. The first-order chi connectivity index (χ1) is 9.51. The lowest BCUT2D eigenvalue weighted by Gasteiger charge is -2.10. The summed E-state index contributed by atoms with van der Waals surface area (Å²) < 4.78 is 14.8. The molecule has 20 heavy (non-hydrogen) atoms. The minimum absolute atomic E-state index is 0.0436. The van der Waals surface area contributed by atoms with E-state index in [9.17, 15) is 14.4 Å². The van der Waals surface area contributed by atoms with Crippen molar-refractivity contribution in [3.8, 4) is 0 Å². The van der Waals surface area contributed by atoms with E-state index in [1.54, 1.807) is 0 Å². The largest absolute Gasteiger partial charge is 0.462 e. The molecule has 0 saturated heterocycles. The molecule has 0 N–H and O–H groups in total. The quantitative estimate of drug-likeness (QED) is 0.743. The van der Waals surface area contributed by atoms with Crippen molar-refractivity contribution < 1.29 is 23.5 Å². The van der Waals surface area contributed by atoms with E-state index in [4.69, 9.17) is 13.9 Å². The number of aryl methyl sites for hydroxylation is 1. The summed E-state index contributed by atoms with van der Waals surface area (Å²) in [7, 11) is 0. The highest BCUT2D eigenvalue weighted by atomic mass is 16.5. The Morgan fingerprint density at radius 2 is 1.65 bits per heavy atom. The van der Waals surface area contributed by atoms with Crippen molar-refractivity contribution in [3.63, 3.8) is 0 Å². The molecule has 0 unspecified atom stereocenters. The fourth-order valence-electron chi connectivity index (χ4n) is 1.57. The van der Waals surface area contributed by atoms with Crippen molar-refractivity contribution in [2.75, 3.05) is 13.2 Å². The van der Waals surface area contributed by atoms with E-state index in [1.165, 1.54) is 6.92 Å². The first-order valence-corrected chi connectivity index (χ1v) is 6.50. The van der Waals surface area contributed by atoms with Crippen molar-refractivity contribution >= 4 is 11.9 Å². The molecule has 0 aliphatic heterocycles. The molecule has 0 atom stereocenters. The van der Waals surface area contributed by atoms with E-state index in [0.717, 1.165) is 6.07 Å². The van der Waals surface area contributed by atoms with E-state index in [-0.39, 0.29) is 30.1 Å². The first-order valence-electron chi connectivity index (χ1n) is 6.50. The second-order valence-electron chi connectivity index (χ2n) is 4.18. The van der Waals surface area contributed by atoms with Gasteiger partial charge in [-0.1, -0.05) is 13.8 Å². The Morgan fingerprint density at radius 3 is 2.20 bits per heavy atom. The standard InChI is InChI=1S/C14H18O6/c1-4-6-18-13(16)10-8-11(15)20-9(3)12(10)14(17)19-7-5-2/h8H,4-7H2,1-3H3. The average Bonchev–Trinajstić information content (AvgIpc) is 2.41. The molecule has 0 saturated carbocycles. The van der Waals surface area contributed by atoms with E-state index < -0.39 is 17.6 Å². The van der Waals surface area contributed by atoms with Crippen LogP contribution >= 0.6 is 0 Å². The molecule has 0 fully saturated rings. The van der Waals surface area contributed by atoms with Crippen molar-refractivity contribution in [2.45, 2.75) is 33.6 Å². The highest BCUT2D eigenvalue weighted by Gasteiger charge is 2.24. The van der Waals surface area contributed by atoms with Crippen LogP contribution in [0.15, 0.2) is 15.3 Å². The van der Waals surface area contributed by atoms with Crippen LogP contribution in [0.3, 0.4) is 0 Å². The fourth-order valence-corrected chi connectivity index (χ4v) is 1.57. The summed E-state index contributed by atoms with van der Waals surface area (Å²) >= 11 is 0. The molecule has 0 aliphatic rings. The van der Waals surface area contributed by atoms with E-state index in [1.807, 2.05) is 13.8 Å². The maximum atomic E-state index is 11.9. The molecule has 0 aliphatic carbocycles. The Kier molecular flexibility index (Phi) is 5.96. The topological polar surface area (TPSA) is 82.8 Å². The minimum atomic E-state index is -0.730. The average molecular weight is 282 g/mol. The van der Waals surface area contributed by atoms with Crippen LogP contribution in [0.25, 0.3) is 0 Å². The molecule has 1 aromatic rings. The van der Waals surface area contributed by atoms with Crippen molar-refractivity contribution in [1.29, 1.82) is 0 Å². The van der Waals surface area contributed by atoms with Crippen LogP contribution < -0.4 is 5.63 Å². The summed E-state index contributed by atoms with van der Waals surface area (Å²) in [5.41, 5.74) is -0.884. The van der Waals surface area contributed by atoms with Crippen molar-refractivity contribution in [1.82, 2.24) is 0 Å². The minimum Gasteiger partial charge on any atom is -0.462 e. The predicted octanol–water partition coefficient (Wildman–Crippen LogP) is 2.08. The third-order valence-electron chi connectivity index (χ3n) is 2.44. The van der Waals surface area contributed by atoms with Crippen LogP contribution in [0.2, 0.25) is 0 Å². The molecule has 6 nitrogen and oxygen atoms in total. The molecule has 1 heterocycles. The van der Waals surface area contributed by atoms with Gasteiger partial charge in [-0.05, 0) is 19.8 Å². The molecule has 6 heteroatoms. The maximum absolute atomic E-state index is 11.9. The van der Waals surface area contributed by atoms with Gasteiger partial charge in [0, 0.05) is 6.07 Å². The first kappa shape index (κ1) is 15.9. The number of hydrogen-bond acceptors (Lipinski definition) is 6. The number of esters is 2. The lowest BCUT2D eigenvalue weighted by Crippen LogP contribution is -2.19. The van der Waals surface area contributed by atoms with Gasteiger partial charge < -0.3 is 13.9 Å². The normalized spacial score (nSPS) is 10.2. The summed E-state index contributed by atoms with van der Waals surface area (Å²) in [4.78, 5) is 35.2. The summed E-state index contributed by atoms with van der Waals surface area (Å²) in [6.07, 6.45) is 1.29. The highest BCUT2D eigenvalue weighted by Crippen LogP contribution is 2.15. The van der Waals surface area contributed by atoms with Crippen molar-refractivity contribution in [2.24, 2.45) is 0 Å². The summed E-state index contributed by atoms with van der Waals surface area (Å²) in [6.45, 7) is 5.55. The Balaban J connectivity index is 3.17. The van der Waals surface area contributed by atoms with E-state index in [2.05, 4.69) is 0 Å². The van der Waals surface area contributed by atoms with Gasteiger partial charge in [-0.3, -0.25) is 0 Å². The Bertz CT molecular complexity index is 543. The molecule has 0 aromatic carbocycles. The number of carbonyl (C=O) groups excluding carboxylic acids is 2. The molecule has 1 rings (SSSR count). The molecule has 0 bridgehead atoms. The van der Waals surface area contributed by atoms with Crippen LogP contribution in [0.4, 0.5) is 0 Å². The van der Waals surface area contributed by atoms with E-state index in [0.29, 0.717) is 12.8 Å². The second-order valence-corrected chi connectivity index (χ2v) is 4.18. The molecule has 0 spiro atoms. The highest BCUT2D eigenvalue weighted by molar-refractivity contribution is 6.03. The van der Waals surface area contributed by atoms with Crippen molar-refractivity contribution in [3.05, 3.63) is 33.4 Å². The predicted molar refractivity (Wildman–Crippen MR) is 70.9 cm³/mol. The van der Waals surface area contributed by atoms with Gasteiger partial charge in [0.25, 0.3) is 0 Å². The number of rotatable bonds is 6. The van der Waals surface area contributed by atoms with Gasteiger partial charge in [0.1, 0.15) is 11.3 Å². The third kappa shape index (κ3) is 3.94. The third-order valence-corrected chi connectivity index (χ3v) is 2.44. The van der Waals surface area contributed by atoms with Gasteiger partial charge in [0.2, 0.25) is 0 Å². The second kappa shape index (κ2) is 7.47. The maximum Gasteiger partial charge on any atom is 0.342 e. The molecule has 0 radical (unpaired) electrons. The summed E-state index contributed by atoms with van der Waals surface area (Å²) in [6, 6.07) is 0.952. The number of ether oxygens (including phenoxy) is 2. The smallest absolute Gasteiger partial charge is 0.342 e. The van der Waals surface area contributed by atoms with Crippen LogP contribution in [-0.2, 0) is 9.47 Å². The molecule has 1 aromatic heterocycles. The van der Waals surface area contributed by atoms with Gasteiger partial charge in [-0.2, -0.15) is 0 Å². The van der Waals surface area contributed by atoms with Gasteiger partial charge >= 0.3 is 17.6 Å². The zero-order chi connectivity index (χ0) is 15.1. The SMILES string of the molecule is CCCOC(=O)c1cc(=O)oc(C)c1C(=O)OCCC. The Labute approximate surface area is 116 Å². The molecule has 110 valence electrons. The number of hydrogen-bond donors (Lipinski definition) is 0. The van der Waals surface area contributed by atoms with Gasteiger partial charge in [0.15, 0.2) is 0 Å². The van der Waals surface area contributed by atoms with Crippen LogP contribution in [-0.4, -0.2) is 25.2 Å². The lowest BCUT2D eigenvalue weighted by atomic mass is 10.1. The van der Waals surface area contributed by atoms with Gasteiger partial charge in [-0.25, -0.2) is 14.4 Å². The Hall–Kier alpha value is -2.11. The summed E-state index contributed by atoms with van der Waals surface area (Å²) in [5, 5.41) is 0. The zero-order valence-corrected chi connectivity index (χ0v) is 11.9. The zero-order valence-electron chi connectivity index (χ0n) is 11.9. The molecular weight excluding hydrogens is 264 g/mol. The van der Waals surface area contributed by atoms with Crippen LogP contribution in [0.1, 0.15) is 53.2 Å². The fraction of sp³-hybridized carbons (Fsp3) is 0.500. The molecular formula is C14H18O6. The van der Waals surface area contributed by atoms with Gasteiger partial charge in [0.05, 0.1) is 18.8 Å². The monoisotopic (exact) mass is 282 g/mol. The Morgan fingerprint density at radius 1 is 1.10 bits per heavy atom.